The van der Waals surface area contributed by atoms with Crippen LogP contribution < -0.4 is 5.73 Å². The van der Waals surface area contributed by atoms with Gasteiger partial charge in [0.1, 0.15) is 0 Å². The molecular weight excluding hydrogens is 170 g/mol. The molecule has 0 aliphatic heterocycles. The molecule has 0 atom stereocenters. The van der Waals surface area contributed by atoms with E-state index in [0.29, 0.717) is 0 Å². The molecule has 0 spiro atoms. The molecule has 0 bridgehead atoms. The Hall–Kier alpha value is -1.08. The van der Waals surface area contributed by atoms with Gasteiger partial charge in [0, 0.05) is 0 Å². The van der Waals surface area contributed by atoms with E-state index in [1.165, 1.54) is 22.3 Å². The molecule has 0 heterocycles. The van der Waals surface area contributed by atoms with Crippen LogP contribution in [0.2, 0.25) is 0 Å². The summed E-state index contributed by atoms with van der Waals surface area (Å²) < 4.78 is 0. The van der Waals surface area contributed by atoms with Crippen molar-refractivity contribution in [3.05, 3.63) is 40.5 Å². The summed E-state index contributed by atoms with van der Waals surface area (Å²) in [6.07, 6.45) is 5.25. The summed E-state index contributed by atoms with van der Waals surface area (Å²) in [5.74, 6) is 0. The van der Waals surface area contributed by atoms with Crippen LogP contribution in [0, 0.1) is 20.8 Å². The van der Waals surface area contributed by atoms with E-state index in [9.17, 15) is 0 Å². The van der Waals surface area contributed by atoms with E-state index in [0.717, 1.165) is 13.0 Å². The van der Waals surface area contributed by atoms with E-state index in [-0.39, 0.29) is 0 Å². The van der Waals surface area contributed by atoms with Crippen molar-refractivity contribution in [3.63, 3.8) is 0 Å². The molecule has 14 heavy (non-hydrogen) atoms. The van der Waals surface area contributed by atoms with Crippen LogP contribution in [0.15, 0.2) is 18.2 Å². The van der Waals surface area contributed by atoms with Gasteiger partial charge in [0.25, 0.3) is 0 Å². The molecule has 0 unspecified atom stereocenters. The maximum absolute atomic E-state index is 5.43. The van der Waals surface area contributed by atoms with E-state index in [4.69, 9.17) is 5.73 Å². The zero-order valence-electron chi connectivity index (χ0n) is 9.30. The molecule has 1 rings (SSSR count). The van der Waals surface area contributed by atoms with Gasteiger partial charge in [0.05, 0.1) is 0 Å². The lowest BCUT2D eigenvalue weighted by Gasteiger charge is -2.05. The maximum atomic E-state index is 5.43. The normalized spacial score (nSPS) is 11.1. The lowest BCUT2D eigenvalue weighted by Crippen LogP contribution is -1.95. The molecule has 1 aromatic rings. The van der Waals surface area contributed by atoms with Crippen molar-refractivity contribution in [1.82, 2.24) is 0 Å². The highest BCUT2D eigenvalue weighted by Gasteiger charge is 1.97. The third-order valence-electron chi connectivity index (χ3n) is 2.51. The Labute approximate surface area is 86.6 Å². The van der Waals surface area contributed by atoms with E-state index in [2.05, 4.69) is 45.1 Å². The second kappa shape index (κ2) is 4.97. The SMILES string of the molecule is Cc1cc(C)c(/C=C/CCN)cc1C. The van der Waals surface area contributed by atoms with E-state index in [1.807, 2.05) is 0 Å². The van der Waals surface area contributed by atoms with E-state index in [1.54, 1.807) is 0 Å². The zero-order valence-corrected chi connectivity index (χ0v) is 9.30. The van der Waals surface area contributed by atoms with Crippen molar-refractivity contribution in [2.24, 2.45) is 5.73 Å². The smallest absolute Gasteiger partial charge is 0.00425 e. The zero-order chi connectivity index (χ0) is 10.6. The summed E-state index contributed by atoms with van der Waals surface area (Å²) in [5, 5.41) is 0. The van der Waals surface area contributed by atoms with Crippen LogP contribution in [0.1, 0.15) is 28.7 Å². The van der Waals surface area contributed by atoms with Gasteiger partial charge < -0.3 is 5.73 Å². The van der Waals surface area contributed by atoms with Gasteiger partial charge in [-0.05, 0) is 56.0 Å². The molecule has 1 heteroatoms. The lowest BCUT2D eigenvalue weighted by molar-refractivity contribution is 1.01. The standard InChI is InChI=1S/C13H19N/c1-10-8-12(3)13(9-11(10)2)6-4-5-7-14/h4,6,8-9H,5,7,14H2,1-3H3/b6-4+. The largest absolute Gasteiger partial charge is 0.330 e. The van der Waals surface area contributed by atoms with Crippen LogP contribution in [-0.2, 0) is 0 Å². The lowest BCUT2D eigenvalue weighted by atomic mass is 10.0. The van der Waals surface area contributed by atoms with Crippen LogP contribution in [0.5, 0.6) is 0 Å². The third kappa shape index (κ3) is 2.71. The Morgan fingerprint density at radius 1 is 1.07 bits per heavy atom. The Kier molecular flexibility index (Phi) is 3.90. The Morgan fingerprint density at radius 3 is 2.36 bits per heavy atom. The first kappa shape index (κ1) is 11.0. The number of nitrogens with two attached hydrogens (primary N) is 1. The average molecular weight is 189 g/mol. The molecule has 2 N–H and O–H groups in total. The number of aryl methyl sites for hydroxylation is 3. The van der Waals surface area contributed by atoms with E-state index < -0.39 is 0 Å². The van der Waals surface area contributed by atoms with Gasteiger partial charge in [0.2, 0.25) is 0 Å². The fraction of sp³-hybridized carbons (Fsp3) is 0.385. The molecule has 0 saturated heterocycles. The maximum Gasteiger partial charge on any atom is -0.00425 e. The fourth-order valence-electron chi connectivity index (χ4n) is 1.47. The van der Waals surface area contributed by atoms with Crippen LogP contribution >= 0.6 is 0 Å². The number of rotatable bonds is 3. The second-order valence-corrected chi connectivity index (χ2v) is 3.77. The third-order valence-corrected chi connectivity index (χ3v) is 2.51. The van der Waals surface area contributed by atoms with Gasteiger partial charge >= 0.3 is 0 Å². The van der Waals surface area contributed by atoms with Crippen molar-refractivity contribution < 1.29 is 0 Å². The van der Waals surface area contributed by atoms with Gasteiger partial charge in [-0.2, -0.15) is 0 Å². The van der Waals surface area contributed by atoms with Crippen LogP contribution in [0.25, 0.3) is 6.08 Å². The summed E-state index contributed by atoms with van der Waals surface area (Å²) in [6.45, 7) is 7.17. The number of benzene rings is 1. The Bertz CT molecular complexity index is 337. The predicted octanol–water partition coefficient (Wildman–Crippen LogP) is 2.97. The summed E-state index contributed by atoms with van der Waals surface area (Å²) in [7, 11) is 0. The van der Waals surface area contributed by atoms with Gasteiger partial charge in [-0.25, -0.2) is 0 Å². The number of hydrogen-bond donors (Lipinski definition) is 1. The molecule has 0 aliphatic carbocycles. The van der Waals surface area contributed by atoms with Crippen LogP contribution in [-0.4, -0.2) is 6.54 Å². The van der Waals surface area contributed by atoms with Crippen LogP contribution in [0.3, 0.4) is 0 Å². The first-order valence-electron chi connectivity index (χ1n) is 5.09. The first-order chi connectivity index (χ1) is 6.65. The minimum atomic E-state index is 0.723. The first-order valence-corrected chi connectivity index (χ1v) is 5.09. The summed E-state index contributed by atoms with van der Waals surface area (Å²) in [4.78, 5) is 0. The van der Waals surface area contributed by atoms with Gasteiger partial charge in [-0.15, -0.1) is 0 Å². The molecule has 0 fully saturated rings. The average Bonchev–Trinajstić information content (AvgIpc) is 2.14. The molecular formula is C13H19N. The van der Waals surface area contributed by atoms with Crippen LogP contribution in [0.4, 0.5) is 0 Å². The molecule has 0 saturated carbocycles. The minimum Gasteiger partial charge on any atom is -0.330 e. The van der Waals surface area contributed by atoms with Crippen molar-refractivity contribution in [3.8, 4) is 0 Å². The highest BCUT2D eigenvalue weighted by atomic mass is 14.5. The summed E-state index contributed by atoms with van der Waals surface area (Å²) in [5.41, 5.74) is 10.8. The highest BCUT2D eigenvalue weighted by molar-refractivity contribution is 5.56. The molecule has 0 radical (unpaired) electrons. The summed E-state index contributed by atoms with van der Waals surface area (Å²) >= 11 is 0. The molecule has 1 aromatic carbocycles. The van der Waals surface area contributed by atoms with Gasteiger partial charge in [-0.3, -0.25) is 0 Å². The van der Waals surface area contributed by atoms with Crippen molar-refractivity contribution in [2.45, 2.75) is 27.2 Å². The molecule has 76 valence electrons. The quantitative estimate of drug-likeness (QED) is 0.777. The van der Waals surface area contributed by atoms with Gasteiger partial charge in [-0.1, -0.05) is 24.3 Å². The van der Waals surface area contributed by atoms with E-state index >= 15 is 0 Å². The van der Waals surface area contributed by atoms with Crippen molar-refractivity contribution >= 4 is 6.08 Å². The predicted molar refractivity (Wildman–Crippen MR) is 63.4 cm³/mol. The second-order valence-electron chi connectivity index (χ2n) is 3.77. The van der Waals surface area contributed by atoms with Gasteiger partial charge in [0.15, 0.2) is 0 Å². The Balaban J connectivity index is 2.92. The summed E-state index contributed by atoms with van der Waals surface area (Å²) in [6, 6.07) is 4.47. The number of hydrogen-bond acceptors (Lipinski definition) is 1. The van der Waals surface area contributed by atoms with Crippen molar-refractivity contribution in [1.29, 1.82) is 0 Å². The topological polar surface area (TPSA) is 26.0 Å². The molecule has 0 amide bonds. The monoisotopic (exact) mass is 189 g/mol. The molecule has 0 aliphatic rings. The molecule has 1 nitrogen and oxygen atoms in total. The Morgan fingerprint density at radius 2 is 1.71 bits per heavy atom. The fourth-order valence-corrected chi connectivity index (χ4v) is 1.47. The molecule has 0 aromatic heterocycles. The van der Waals surface area contributed by atoms with Crippen molar-refractivity contribution in [2.75, 3.05) is 6.54 Å². The highest BCUT2D eigenvalue weighted by Crippen LogP contribution is 2.16. The minimum absolute atomic E-state index is 0.723.